The Morgan fingerprint density at radius 1 is 0.481 bits per heavy atom. The van der Waals surface area contributed by atoms with Crippen molar-refractivity contribution in [3.63, 3.8) is 0 Å². The number of aliphatic hydroxyl groups excluding tert-OH is 1. The fourth-order valence-corrected chi connectivity index (χ4v) is 10.6. The number of hydrogen-bond acceptors (Lipinski definition) is 22. The van der Waals surface area contributed by atoms with E-state index in [-0.39, 0.29) is 39.0 Å². The number of benzene rings is 3. The molecule has 12 aromatic rings. The number of H-pyrrole nitrogens is 3. The van der Waals surface area contributed by atoms with Crippen LogP contribution in [0.4, 0.5) is 29.4 Å². The molecule has 4 atom stereocenters. The van der Waals surface area contributed by atoms with E-state index in [1.54, 1.807) is 37.5 Å². The van der Waals surface area contributed by atoms with E-state index in [0.717, 1.165) is 85.4 Å². The molecule has 0 saturated heterocycles. The molecule has 9 aromatic heterocycles. The lowest BCUT2D eigenvalue weighted by molar-refractivity contribution is 0.318. The largest absolute Gasteiger partial charge is 0.490 e. The quantitative estimate of drug-likeness (QED) is 0.0170. The molecule has 570 valence electrons. The van der Waals surface area contributed by atoms with Crippen molar-refractivity contribution in [2.45, 2.75) is 131 Å². The number of hydrogen-bond donors (Lipinski definition) is 13. The predicted molar refractivity (Wildman–Crippen MR) is 444 cm³/mol. The van der Waals surface area contributed by atoms with Gasteiger partial charge in [-0.3, -0.25) is 9.97 Å². The molecule has 0 aliphatic heterocycles. The highest BCUT2D eigenvalue weighted by molar-refractivity contribution is 6.58. The molecule has 4 unspecified atom stereocenters. The molecular weight excluding hydrogens is 1490 g/mol. The number of anilines is 5. The fraction of sp³-hybridized carbons (Fsp3) is 0.316. The topological polar surface area (TPSA) is 397 Å². The van der Waals surface area contributed by atoms with Gasteiger partial charge in [0.25, 0.3) is 0 Å². The smallest absolute Gasteiger partial charge is 0.423 e. The minimum absolute atomic E-state index is 0.0625. The maximum atomic E-state index is 9.20. The van der Waals surface area contributed by atoms with E-state index in [1.165, 1.54) is 62.9 Å². The first-order valence-corrected chi connectivity index (χ1v) is 37.3. The summed E-state index contributed by atoms with van der Waals surface area (Å²) in [6.45, 7) is 20.8. The monoisotopic (exact) mass is 1580 g/mol. The van der Waals surface area contributed by atoms with Crippen LogP contribution >= 0.6 is 69.6 Å². The van der Waals surface area contributed by atoms with Crippen LogP contribution in [0.5, 0.6) is 0 Å². The first-order chi connectivity index (χ1) is 51.9. The summed E-state index contributed by atoms with van der Waals surface area (Å²) in [5, 5.41) is 64.3. The molecule has 0 spiro atoms. The number of aliphatic hydroxyl groups is 1. The number of rotatable bonds is 22. The highest BCUT2D eigenvalue weighted by atomic mass is 35.5. The van der Waals surface area contributed by atoms with Gasteiger partial charge in [0, 0.05) is 155 Å². The highest BCUT2D eigenvalue weighted by Crippen LogP contribution is 2.26. The number of halogens is 6. The first-order valence-electron chi connectivity index (χ1n) is 35.0. The molecule has 32 heteroatoms. The summed E-state index contributed by atoms with van der Waals surface area (Å²) in [4.78, 5) is 50.5. The van der Waals surface area contributed by atoms with Gasteiger partial charge in [0.05, 0.1) is 16.8 Å². The lowest BCUT2D eigenvalue weighted by Gasteiger charge is -2.15. The zero-order chi connectivity index (χ0) is 78.9. The Balaban J connectivity index is 0.000000240. The molecule has 0 amide bonds. The van der Waals surface area contributed by atoms with Crippen LogP contribution in [0.25, 0.3) is 44.0 Å². The molecule has 0 saturated carbocycles. The van der Waals surface area contributed by atoms with Gasteiger partial charge in [-0.1, -0.05) is 129 Å². The van der Waals surface area contributed by atoms with Crippen LogP contribution in [-0.4, -0.2) is 137 Å². The summed E-state index contributed by atoms with van der Waals surface area (Å²) in [5.74, 6) is 3.26. The van der Waals surface area contributed by atoms with Crippen molar-refractivity contribution in [1.29, 1.82) is 10.5 Å². The molecule has 25 nitrogen and oxygen atoms in total. The number of nitrogens with two attached hydrogens (primary N) is 2. The van der Waals surface area contributed by atoms with E-state index in [0.29, 0.717) is 70.4 Å². The standard InChI is InChI=1S/C24H25N7.C18H22ClN5.C10H12N2.C8H11Cl2N3.C6H5BN2O2.C4HCl3N2.C4H11N.C2H6O/c1-3-16(2)29-23-11-22(19-10-17(12-25)13-26-14-19)30-24(31-23)27-9-8-18-15-28-21-7-5-4-6-20(18)21;1-3-12(2)22-17-10-16(19)23-18(24-17)20-9-8-13-11-21-15-7-5-4-6-14(13)15;11-6-5-8-7-12-10-4-2-1-3-9(8)10;1-3-5(2)11-7-4-6(9)12-8(10)13-7;8-2-5-1-6(7(10)11)4-9-3-5;5-2-1-3(6)9-4(7)8-2;1-3-4(2)5;1-2-3/h4-7,10-11,13-16,28H,3,8-9H2,1-2H3,(H2,27,29,30,31);4-7,10-12,21H,3,8-9H2,1-2H3,(H2,20,22,23,24);1-4,7,12H,5-6,11H2;4-5H,3H2,1-2H3,(H,11,12,13);1,3-4,10-11H;1H;4H,3,5H2,1-2H3;3H,2H2,1H3. The number of para-hydroxylation sites is 3. The van der Waals surface area contributed by atoms with Gasteiger partial charge in [-0.15, -0.1) is 0 Å². The summed E-state index contributed by atoms with van der Waals surface area (Å²) >= 11 is 33.6. The Morgan fingerprint density at radius 2 is 0.861 bits per heavy atom. The molecular formula is C76H93BCl6N22O3. The average Bonchev–Trinajstić information content (AvgIpc) is 1.82. The molecule has 0 aliphatic rings. The first kappa shape index (κ1) is 89.1. The highest BCUT2D eigenvalue weighted by Gasteiger charge is 2.14. The van der Waals surface area contributed by atoms with E-state index in [2.05, 4.69) is 213 Å². The fourth-order valence-electron chi connectivity index (χ4n) is 9.30. The van der Waals surface area contributed by atoms with Crippen LogP contribution in [0.15, 0.2) is 153 Å². The van der Waals surface area contributed by atoms with Gasteiger partial charge in [-0.05, 0) is 156 Å². The average molecular weight is 1590 g/mol. The third-order valence-corrected chi connectivity index (χ3v) is 16.6. The van der Waals surface area contributed by atoms with Crippen LogP contribution in [0.2, 0.25) is 31.2 Å². The van der Waals surface area contributed by atoms with Crippen LogP contribution < -0.4 is 43.5 Å². The van der Waals surface area contributed by atoms with Crippen LogP contribution in [-0.2, 0) is 19.3 Å². The number of aromatic amines is 3. The minimum Gasteiger partial charge on any atom is -0.423 e. The second kappa shape index (κ2) is 48.7. The predicted octanol–water partition coefficient (Wildman–Crippen LogP) is 15.7. The second-order valence-electron chi connectivity index (χ2n) is 24.1. The summed E-state index contributed by atoms with van der Waals surface area (Å²) in [7, 11) is -1.56. The molecule has 15 N–H and O–H groups in total. The van der Waals surface area contributed by atoms with Gasteiger partial charge in [0.15, 0.2) is 0 Å². The minimum atomic E-state index is -1.56. The van der Waals surface area contributed by atoms with Crippen molar-refractivity contribution in [3.05, 3.63) is 212 Å². The Bertz CT molecular complexity index is 4660. The van der Waals surface area contributed by atoms with E-state index >= 15 is 0 Å². The zero-order valence-corrected chi connectivity index (χ0v) is 66.3. The Morgan fingerprint density at radius 3 is 1.27 bits per heavy atom. The van der Waals surface area contributed by atoms with Gasteiger partial charge in [-0.2, -0.15) is 20.5 Å². The summed E-state index contributed by atoms with van der Waals surface area (Å²) in [6, 6.07) is 40.1. The van der Waals surface area contributed by atoms with E-state index in [9.17, 15) is 5.26 Å². The van der Waals surface area contributed by atoms with Crippen molar-refractivity contribution in [2.75, 3.05) is 52.8 Å². The number of fused-ring (bicyclic) bond motifs is 3. The van der Waals surface area contributed by atoms with Crippen LogP contribution in [0.3, 0.4) is 0 Å². The summed E-state index contributed by atoms with van der Waals surface area (Å²) in [6.07, 6.45) is 18.8. The van der Waals surface area contributed by atoms with Gasteiger partial charge in [0.1, 0.15) is 50.2 Å². The Kier molecular flexibility index (Phi) is 40.2. The van der Waals surface area contributed by atoms with Crippen molar-refractivity contribution < 1.29 is 15.2 Å². The van der Waals surface area contributed by atoms with Crippen molar-refractivity contribution in [1.82, 2.24) is 64.8 Å². The maximum Gasteiger partial charge on any atom is 0.490 e. The lowest BCUT2D eigenvalue weighted by atomic mass is 9.81. The van der Waals surface area contributed by atoms with E-state index in [1.807, 2.05) is 43.5 Å². The van der Waals surface area contributed by atoms with Gasteiger partial charge >= 0.3 is 7.12 Å². The molecule has 9 heterocycles. The van der Waals surface area contributed by atoms with Crippen molar-refractivity contribution in [3.8, 4) is 23.4 Å². The molecule has 0 aliphatic carbocycles. The number of nitriles is 2. The molecule has 108 heavy (non-hydrogen) atoms. The summed E-state index contributed by atoms with van der Waals surface area (Å²) in [5.41, 5.74) is 20.7. The molecule has 0 radical (unpaired) electrons. The van der Waals surface area contributed by atoms with Crippen molar-refractivity contribution >= 4 is 144 Å². The second-order valence-corrected chi connectivity index (χ2v) is 26.3. The Labute approximate surface area is 661 Å². The van der Waals surface area contributed by atoms with Gasteiger partial charge in [0.2, 0.25) is 22.5 Å². The van der Waals surface area contributed by atoms with Gasteiger partial charge in [-0.25, -0.2) is 29.9 Å². The van der Waals surface area contributed by atoms with E-state index < -0.39 is 7.12 Å². The molecule has 0 bridgehead atoms. The third kappa shape index (κ3) is 32.1. The SMILES string of the molecule is CCC(C)N.CCC(C)Nc1cc(-c2cncc(C#N)c2)nc(NCCc2c[nH]c3ccccc23)n1.CCC(C)Nc1cc(Cl)nc(Cl)n1.CCC(C)Nc1cc(Cl)nc(NCCc2c[nH]c3ccccc23)n1.CCO.Clc1cc(Cl)nc(Cl)n1.N#Cc1cncc(B(O)O)c1.NCCc1c[nH]c2ccccc12. The summed E-state index contributed by atoms with van der Waals surface area (Å²) < 4.78 is 0. The normalized spacial score (nSPS) is 11.4. The molecule has 0 fully saturated rings. The number of aromatic nitrogens is 13. The van der Waals surface area contributed by atoms with Crippen LogP contribution in [0.1, 0.15) is 116 Å². The van der Waals surface area contributed by atoms with Gasteiger partial charge < -0.3 is 68.2 Å². The molecule has 3 aromatic carbocycles. The number of nitrogens with one attached hydrogen (secondary N) is 8. The van der Waals surface area contributed by atoms with Crippen LogP contribution in [0, 0.1) is 22.7 Å². The number of nitrogens with zero attached hydrogens (tertiary/aromatic N) is 12. The van der Waals surface area contributed by atoms with E-state index in [4.69, 9.17) is 101 Å². The zero-order valence-electron chi connectivity index (χ0n) is 61.7. The maximum absolute atomic E-state index is 9.20. The lowest BCUT2D eigenvalue weighted by Crippen LogP contribution is -2.30. The Hall–Kier alpha value is -9.52. The molecule has 12 rings (SSSR count). The number of pyridine rings is 2. The third-order valence-electron chi connectivity index (χ3n) is 15.5. The van der Waals surface area contributed by atoms with Crippen molar-refractivity contribution in [2.24, 2.45) is 11.5 Å².